The number of nitrogen functional groups attached to an aromatic ring is 1. The first kappa shape index (κ1) is 14.9. The number of nitrogens with two attached hydrogens (primary N) is 1. The van der Waals surface area contributed by atoms with Crippen molar-refractivity contribution in [2.45, 2.75) is 26.4 Å². The average Bonchev–Trinajstić information content (AvgIpc) is 2.98. The molecule has 114 valence electrons. The molecule has 0 aliphatic rings. The third-order valence-electron chi connectivity index (χ3n) is 3.23. The van der Waals surface area contributed by atoms with Gasteiger partial charge >= 0.3 is 5.69 Å². The van der Waals surface area contributed by atoms with Crippen LogP contribution in [0.25, 0.3) is 0 Å². The fourth-order valence-electron chi connectivity index (χ4n) is 2.12. The molecule has 0 aromatic carbocycles. The molecule has 0 amide bonds. The molecule has 0 bridgehead atoms. The summed E-state index contributed by atoms with van der Waals surface area (Å²) in [6.45, 7) is 3.52. The highest BCUT2D eigenvalue weighted by Gasteiger charge is 2.14. The van der Waals surface area contributed by atoms with Crippen LogP contribution >= 0.6 is 0 Å². The Bertz CT molecular complexity index is 713. The quantitative estimate of drug-likeness (QED) is 0.771. The molecular formula is C13H20N6O2. The monoisotopic (exact) mass is 292 g/mol. The number of nitrogens with zero attached hydrogens (tertiary/aromatic N) is 4. The van der Waals surface area contributed by atoms with Gasteiger partial charge in [-0.15, -0.1) is 0 Å². The highest BCUT2D eigenvalue weighted by atomic mass is 16.2. The molecule has 2 aromatic heterocycles. The molecule has 2 heterocycles. The average molecular weight is 292 g/mol. The van der Waals surface area contributed by atoms with Gasteiger partial charge in [0, 0.05) is 32.5 Å². The van der Waals surface area contributed by atoms with Crippen molar-refractivity contribution in [1.82, 2.24) is 18.9 Å². The van der Waals surface area contributed by atoms with Crippen LogP contribution in [0, 0.1) is 0 Å². The highest BCUT2D eigenvalue weighted by molar-refractivity contribution is 5.60. The smallest absolute Gasteiger partial charge is 0.332 e. The minimum Gasteiger partial charge on any atom is -0.383 e. The Hall–Kier alpha value is -2.51. The van der Waals surface area contributed by atoms with E-state index in [1.807, 2.05) is 19.2 Å². The van der Waals surface area contributed by atoms with E-state index in [-0.39, 0.29) is 11.5 Å². The lowest BCUT2D eigenvalue weighted by Gasteiger charge is -2.15. The first-order chi connectivity index (χ1) is 10.1. The summed E-state index contributed by atoms with van der Waals surface area (Å²) in [7, 11) is 1.45. The topological polar surface area (TPSA) is 99.9 Å². The zero-order valence-electron chi connectivity index (χ0n) is 12.2. The maximum absolute atomic E-state index is 12.1. The van der Waals surface area contributed by atoms with Crippen molar-refractivity contribution in [2.75, 3.05) is 17.6 Å². The van der Waals surface area contributed by atoms with E-state index in [1.54, 1.807) is 10.9 Å². The van der Waals surface area contributed by atoms with Crippen molar-refractivity contribution in [3.05, 3.63) is 39.3 Å². The van der Waals surface area contributed by atoms with Gasteiger partial charge in [0.25, 0.3) is 5.56 Å². The third-order valence-corrected chi connectivity index (χ3v) is 3.23. The lowest BCUT2D eigenvalue weighted by Crippen LogP contribution is -2.41. The molecule has 2 aromatic rings. The number of nitrogens with one attached hydrogen (secondary N) is 1. The second kappa shape index (κ2) is 6.29. The van der Waals surface area contributed by atoms with E-state index in [9.17, 15) is 9.59 Å². The molecule has 0 aliphatic heterocycles. The second-order valence-corrected chi connectivity index (χ2v) is 4.75. The first-order valence-electron chi connectivity index (χ1n) is 6.86. The van der Waals surface area contributed by atoms with Crippen molar-refractivity contribution in [3.63, 3.8) is 0 Å². The van der Waals surface area contributed by atoms with Crippen LogP contribution in [-0.2, 0) is 20.1 Å². The molecule has 8 heteroatoms. The Morgan fingerprint density at radius 1 is 1.33 bits per heavy atom. The molecule has 0 saturated heterocycles. The summed E-state index contributed by atoms with van der Waals surface area (Å²) in [5, 5.41) is 7.09. The Labute approximate surface area is 121 Å². The fourth-order valence-corrected chi connectivity index (χ4v) is 2.12. The Kier molecular flexibility index (Phi) is 4.46. The lowest BCUT2D eigenvalue weighted by atomic mass is 10.4. The summed E-state index contributed by atoms with van der Waals surface area (Å²) in [6, 6.07) is 1.83. The van der Waals surface area contributed by atoms with E-state index in [2.05, 4.69) is 10.4 Å². The molecule has 3 N–H and O–H groups in total. The van der Waals surface area contributed by atoms with E-state index in [4.69, 9.17) is 5.73 Å². The van der Waals surface area contributed by atoms with Crippen molar-refractivity contribution in [2.24, 2.45) is 7.05 Å². The van der Waals surface area contributed by atoms with Gasteiger partial charge in [-0.25, -0.2) is 4.79 Å². The summed E-state index contributed by atoms with van der Waals surface area (Å²) in [5.41, 5.74) is 5.42. The zero-order chi connectivity index (χ0) is 15.4. The first-order valence-corrected chi connectivity index (χ1v) is 6.86. The Balaban J connectivity index is 2.26. The molecule has 8 nitrogen and oxygen atoms in total. The van der Waals surface area contributed by atoms with E-state index in [1.165, 1.54) is 11.6 Å². The predicted octanol–water partition coefficient (Wildman–Crippen LogP) is -0.152. The number of hydrogen-bond acceptors (Lipinski definition) is 5. The van der Waals surface area contributed by atoms with Gasteiger partial charge in [-0.3, -0.25) is 18.6 Å². The van der Waals surface area contributed by atoms with Crippen molar-refractivity contribution >= 4 is 11.5 Å². The molecule has 0 saturated carbocycles. The van der Waals surface area contributed by atoms with Crippen LogP contribution < -0.4 is 22.3 Å². The van der Waals surface area contributed by atoms with Crippen LogP contribution in [0.4, 0.5) is 11.5 Å². The van der Waals surface area contributed by atoms with Gasteiger partial charge in [0.05, 0.1) is 6.54 Å². The van der Waals surface area contributed by atoms with Crippen molar-refractivity contribution in [1.29, 1.82) is 0 Å². The van der Waals surface area contributed by atoms with Gasteiger partial charge in [0.1, 0.15) is 11.5 Å². The number of anilines is 2. The van der Waals surface area contributed by atoms with E-state index in [0.717, 1.165) is 11.0 Å². The Morgan fingerprint density at radius 3 is 2.71 bits per heavy atom. The molecule has 0 unspecified atom stereocenters. The van der Waals surface area contributed by atoms with Crippen LogP contribution in [-0.4, -0.2) is 25.5 Å². The fraction of sp³-hybridized carbons (Fsp3) is 0.462. The van der Waals surface area contributed by atoms with Crippen LogP contribution in [0.3, 0.4) is 0 Å². The van der Waals surface area contributed by atoms with Gasteiger partial charge in [0.15, 0.2) is 0 Å². The normalized spacial score (nSPS) is 10.8. The minimum absolute atomic E-state index is 0.186. The van der Waals surface area contributed by atoms with E-state index >= 15 is 0 Å². The molecule has 0 radical (unpaired) electrons. The molecule has 0 fully saturated rings. The zero-order valence-corrected chi connectivity index (χ0v) is 12.2. The molecule has 21 heavy (non-hydrogen) atoms. The lowest BCUT2D eigenvalue weighted by molar-refractivity contribution is 0.597. The molecule has 2 rings (SSSR count). The van der Waals surface area contributed by atoms with Crippen LogP contribution in [0.5, 0.6) is 0 Å². The second-order valence-electron chi connectivity index (χ2n) is 4.75. The molecular weight excluding hydrogens is 272 g/mol. The summed E-state index contributed by atoms with van der Waals surface area (Å²) < 4.78 is 4.23. The standard InChI is InChI=1S/C13H20N6O2/c1-3-7-19-11(14)10(12(20)17(2)13(19)21)15-6-9-18-8-4-5-16-18/h4-5,8,15H,3,6-7,9,14H2,1-2H3. The predicted molar refractivity (Wildman–Crippen MR) is 81.4 cm³/mol. The summed E-state index contributed by atoms with van der Waals surface area (Å²) >= 11 is 0. The third kappa shape index (κ3) is 2.99. The van der Waals surface area contributed by atoms with Crippen molar-refractivity contribution in [3.8, 4) is 0 Å². The van der Waals surface area contributed by atoms with Crippen LogP contribution in [0.1, 0.15) is 13.3 Å². The summed E-state index contributed by atoms with van der Waals surface area (Å²) in [4.78, 5) is 24.2. The number of hydrogen-bond donors (Lipinski definition) is 2. The maximum Gasteiger partial charge on any atom is 0.332 e. The summed E-state index contributed by atoms with van der Waals surface area (Å²) in [6.07, 6.45) is 4.28. The minimum atomic E-state index is -0.412. The molecule has 0 spiro atoms. The maximum atomic E-state index is 12.1. The highest BCUT2D eigenvalue weighted by Crippen LogP contribution is 2.10. The molecule has 0 aliphatic carbocycles. The van der Waals surface area contributed by atoms with Gasteiger partial charge < -0.3 is 11.1 Å². The largest absolute Gasteiger partial charge is 0.383 e. The molecule has 0 atom stereocenters. The van der Waals surface area contributed by atoms with E-state index < -0.39 is 11.2 Å². The Morgan fingerprint density at radius 2 is 2.10 bits per heavy atom. The van der Waals surface area contributed by atoms with Gasteiger partial charge in [-0.05, 0) is 12.5 Å². The van der Waals surface area contributed by atoms with Crippen molar-refractivity contribution < 1.29 is 0 Å². The van der Waals surface area contributed by atoms with Gasteiger partial charge in [-0.1, -0.05) is 6.92 Å². The SMILES string of the molecule is CCCn1c(N)c(NCCn2cccn2)c(=O)n(C)c1=O. The number of rotatable bonds is 6. The van der Waals surface area contributed by atoms with Crippen LogP contribution in [0.2, 0.25) is 0 Å². The van der Waals surface area contributed by atoms with Gasteiger partial charge in [-0.2, -0.15) is 5.10 Å². The van der Waals surface area contributed by atoms with Crippen LogP contribution in [0.15, 0.2) is 28.0 Å². The summed E-state index contributed by atoms with van der Waals surface area (Å²) in [5.74, 6) is 0.186. The van der Waals surface area contributed by atoms with E-state index in [0.29, 0.717) is 19.6 Å². The number of aromatic nitrogens is 4. The van der Waals surface area contributed by atoms with Gasteiger partial charge in [0.2, 0.25) is 0 Å².